The summed E-state index contributed by atoms with van der Waals surface area (Å²) in [6.45, 7) is 5.96. The van der Waals surface area contributed by atoms with Crippen molar-refractivity contribution in [3.05, 3.63) is 77.0 Å². The number of hydrogen-bond donors (Lipinski definition) is 1. The number of nitrogens with one attached hydrogen (secondary N) is 1. The van der Waals surface area contributed by atoms with Crippen LogP contribution in [0.1, 0.15) is 36.7 Å². The Morgan fingerprint density at radius 3 is 2.79 bits per heavy atom. The summed E-state index contributed by atoms with van der Waals surface area (Å²) in [5.41, 5.74) is 3.79. The van der Waals surface area contributed by atoms with Crippen LogP contribution in [0.15, 0.2) is 65.9 Å². The molecule has 2 aliphatic rings. The molecule has 0 radical (unpaired) electrons. The highest BCUT2D eigenvalue weighted by molar-refractivity contribution is 5.85. The Balaban J connectivity index is 2.22. The average Bonchev–Trinajstić information content (AvgIpc) is 2.60. The second-order valence-electron chi connectivity index (χ2n) is 6.89. The zero-order valence-corrected chi connectivity index (χ0v) is 14.1. The van der Waals surface area contributed by atoms with Crippen LogP contribution in [0, 0.1) is 16.7 Å². The lowest BCUT2D eigenvalue weighted by atomic mass is 9.70. The number of rotatable bonds is 3. The summed E-state index contributed by atoms with van der Waals surface area (Å²) < 4.78 is 0. The minimum absolute atomic E-state index is 0.384. The first kappa shape index (κ1) is 16.0. The Bertz CT molecular complexity index is 862. The van der Waals surface area contributed by atoms with Crippen molar-refractivity contribution < 1.29 is 4.79 Å². The van der Waals surface area contributed by atoms with E-state index in [9.17, 15) is 10.1 Å². The largest absolute Gasteiger partial charge is 0.378 e. The summed E-state index contributed by atoms with van der Waals surface area (Å²) in [5.74, 6) is 0. The van der Waals surface area contributed by atoms with Crippen molar-refractivity contribution >= 4 is 11.9 Å². The quantitative estimate of drug-likeness (QED) is 0.851. The molecule has 0 aromatic heterocycles. The third-order valence-corrected chi connectivity index (χ3v) is 4.81. The molecule has 1 atom stereocenters. The van der Waals surface area contributed by atoms with Crippen LogP contribution >= 0.6 is 0 Å². The van der Waals surface area contributed by atoms with E-state index in [0.29, 0.717) is 5.56 Å². The lowest BCUT2D eigenvalue weighted by Crippen LogP contribution is -2.44. The second-order valence-corrected chi connectivity index (χ2v) is 6.89. The molecular formula is C21H20N2O. The summed E-state index contributed by atoms with van der Waals surface area (Å²) in [6.07, 6.45) is 11.0. The van der Waals surface area contributed by atoms with Crippen LogP contribution in [0.25, 0.3) is 5.57 Å². The molecule has 0 amide bonds. The molecule has 1 aliphatic heterocycles. The summed E-state index contributed by atoms with van der Waals surface area (Å²) in [7, 11) is 0. The first-order chi connectivity index (χ1) is 11.4. The van der Waals surface area contributed by atoms with Gasteiger partial charge in [0, 0.05) is 5.56 Å². The third kappa shape index (κ3) is 2.51. The fourth-order valence-electron chi connectivity index (χ4n) is 3.13. The molecule has 3 nitrogen and oxygen atoms in total. The van der Waals surface area contributed by atoms with Gasteiger partial charge in [-0.2, -0.15) is 5.26 Å². The van der Waals surface area contributed by atoms with Gasteiger partial charge < -0.3 is 5.32 Å². The number of allylic oxidation sites excluding steroid dienone is 4. The molecule has 0 saturated heterocycles. The summed E-state index contributed by atoms with van der Waals surface area (Å²) in [4.78, 5) is 11.2. The van der Waals surface area contributed by atoms with Crippen molar-refractivity contribution in [3.8, 4) is 6.07 Å². The topological polar surface area (TPSA) is 52.9 Å². The van der Waals surface area contributed by atoms with Gasteiger partial charge in [0.05, 0.1) is 17.0 Å². The molecule has 1 aromatic rings. The van der Waals surface area contributed by atoms with Crippen molar-refractivity contribution in [1.82, 2.24) is 5.32 Å². The van der Waals surface area contributed by atoms with E-state index >= 15 is 0 Å². The maximum atomic E-state index is 11.2. The number of benzene rings is 1. The first-order valence-electron chi connectivity index (χ1n) is 7.97. The summed E-state index contributed by atoms with van der Waals surface area (Å²) in [5, 5.41) is 13.0. The predicted molar refractivity (Wildman–Crippen MR) is 96.0 cm³/mol. The molecule has 0 bridgehead atoms. The van der Waals surface area contributed by atoms with Crippen LogP contribution in [0.2, 0.25) is 0 Å². The van der Waals surface area contributed by atoms with E-state index in [2.05, 4.69) is 36.5 Å². The minimum atomic E-state index is -0.586. The number of nitriles is 1. The van der Waals surface area contributed by atoms with Crippen molar-refractivity contribution in [2.75, 3.05) is 0 Å². The molecule has 1 aromatic carbocycles. The zero-order valence-electron chi connectivity index (χ0n) is 14.1. The van der Waals surface area contributed by atoms with Gasteiger partial charge in [-0.15, -0.1) is 0 Å². The van der Waals surface area contributed by atoms with Crippen molar-refractivity contribution in [3.63, 3.8) is 0 Å². The second kappa shape index (κ2) is 5.65. The van der Waals surface area contributed by atoms with Crippen LogP contribution in [-0.2, 0) is 0 Å². The highest BCUT2D eigenvalue weighted by atomic mass is 16.1. The fraction of sp³-hybridized carbons (Fsp3) is 0.238. The standard InChI is InChI=1S/C21H20N2O/c1-20(2,14-22)18-11-17-8-5-9-23-21(17,3)19(12-18)16-7-4-6-15(10-16)13-24/h4-13,23H,1-3H3. The lowest BCUT2D eigenvalue weighted by molar-refractivity contribution is 0.112. The average molecular weight is 316 g/mol. The van der Waals surface area contributed by atoms with E-state index in [1.165, 1.54) is 0 Å². The van der Waals surface area contributed by atoms with E-state index in [1.54, 1.807) is 6.07 Å². The van der Waals surface area contributed by atoms with Gasteiger partial charge in [0.1, 0.15) is 6.29 Å². The van der Waals surface area contributed by atoms with Gasteiger partial charge in [0.25, 0.3) is 0 Å². The van der Waals surface area contributed by atoms with Crippen LogP contribution in [0.5, 0.6) is 0 Å². The smallest absolute Gasteiger partial charge is 0.150 e. The van der Waals surface area contributed by atoms with Gasteiger partial charge in [-0.25, -0.2) is 0 Å². The number of carbonyl (C=O) groups excluding carboxylic acids is 1. The van der Waals surface area contributed by atoms with Crippen LogP contribution in [-0.4, -0.2) is 11.8 Å². The third-order valence-electron chi connectivity index (χ3n) is 4.81. The Kier molecular flexibility index (Phi) is 3.77. The Hall–Kier alpha value is -2.86. The number of hydrogen-bond acceptors (Lipinski definition) is 3. The molecule has 1 N–H and O–H groups in total. The van der Waals surface area contributed by atoms with Crippen LogP contribution in [0.3, 0.4) is 0 Å². The van der Waals surface area contributed by atoms with Gasteiger partial charge in [-0.3, -0.25) is 4.79 Å². The number of aldehydes is 1. The van der Waals surface area contributed by atoms with Gasteiger partial charge in [0.2, 0.25) is 0 Å². The molecule has 1 heterocycles. The molecule has 0 fully saturated rings. The summed E-state index contributed by atoms with van der Waals surface area (Å²) in [6, 6.07) is 9.96. The number of dihydropyridines is 1. The molecule has 120 valence electrons. The van der Waals surface area contributed by atoms with Gasteiger partial charge in [0.15, 0.2) is 0 Å². The van der Waals surface area contributed by atoms with Crippen LogP contribution < -0.4 is 5.32 Å². The van der Waals surface area contributed by atoms with E-state index < -0.39 is 5.41 Å². The van der Waals surface area contributed by atoms with E-state index in [1.807, 2.05) is 44.3 Å². The zero-order chi connectivity index (χ0) is 17.4. The normalized spacial score (nSPS) is 22.3. The molecular weight excluding hydrogens is 296 g/mol. The van der Waals surface area contributed by atoms with E-state index in [0.717, 1.165) is 28.6 Å². The highest BCUT2D eigenvalue weighted by Gasteiger charge is 2.38. The molecule has 24 heavy (non-hydrogen) atoms. The molecule has 1 aliphatic carbocycles. The van der Waals surface area contributed by atoms with Crippen molar-refractivity contribution in [2.24, 2.45) is 5.41 Å². The number of fused-ring (bicyclic) bond motifs is 1. The molecule has 0 spiro atoms. The molecule has 3 heteroatoms. The number of nitrogens with zero attached hydrogens (tertiary/aromatic N) is 1. The molecule has 1 unspecified atom stereocenters. The Morgan fingerprint density at radius 1 is 1.29 bits per heavy atom. The SMILES string of the molecule is CC(C)(C#N)C1=CC2=CC=CNC2(C)C(c2cccc(C=O)c2)=C1. The maximum absolute atomic E-state index is 11.2. The predicted octanol–water partition coefficient (Wildman–Crippen LogP) is 4.17. The summed E-state index contributed by atoms with van der Waals surface area (Å²) >= 11 is 0. The minimum Gasteiger partial charge on any atom is -0.378 e. The number of carbonyl (C=O) groups is 1. The van der Waals surface area contributed by atoms with Crippen molar-refractivity contribution in [2.45, 2.75) is 26.3 Å². The van der Waals surface area contributed by atoms with Gasteiger partial charge in [-0.05, 0) is 61.4 Å². The highest BCUT2D eigenvalue weighted by Crippen LogP contribution is 2.44. The van der Waals surface area contributed by atoms with Gasteiger partial charge in [-0.1, -0.05) is 36.4 Å². The van der Waals surface area contributed by atoms with E-state index in [-0.39, 0.29) is 5.54 Å². The van der Waals surface area contributed by atoms with E-state index in [4.69, 9.17) is 0 Å². The van der Waals surface area contributed by atoms with Gasteiger partial charge >= 0.3 is 0 Å². The van der Waals surface area contributed by atoms with Crippen LogP contribution in [0.4, 0.5) is 0 Å². The molecule has 3 rings (SSSR count). The monoisotopic (exact) mass is 316 g/mol. The Labute approximate surface area is 142 Å². The Morgan fingerprint density at radius 2 is 2.08 bits per heavy atom. The molecule has 0 saturated carbocycles. The maximum Gasteiger partial charge on any atom is 0.150 e. The fourth-order valence-corrected chi connectivity index (χ4v) is 3.13. The van der Waals surface area contributed by atoms with Crippen molar-refractivity contribution in [1.29, 1.82) is 5.26 Å². The first-order valence-corrected chi connectivity index (χ1v) is 7.97. The lowest BCUT2D eigenvalue weighted by Gasteiger charge is -2.40.